The van der Waals surface area contributed by atoms with Crippen LogP contribution in [0.1, 0.15) is 13.3 Å². The fourth-order valence-corrected chi connectivity index (χ4v) is 0.981. The van der Waals surface area contributed by atoms with Crippen molar-refractivity contribution in [1.82, 2.24) is 15.3 Å². The summed E-state index contributed by atoms with van der Waals surface area (Å²) in [6, 6.07) is 1.81. The van der Waals surface area contributed by atoms with Gasteiger partial charge in [-0.2, -0.15) is 0 Å². The molecule has 4 nitrogen and oxygen atoms in total. The molecule has 1 aromatic rings. The first-order valence-corrected chi connectivity index (χ1v) is 4.65. The molecular formula is C9H16N4. The molecule has 1 aromatic heterocycles. The van der Waals surface area contributed by atoms with Gasteiger partial charge in [-0.15, -0.1) is 0 Å². The van der Waals surface area contributed by atoms with Crippen LogP contribution in [0.25, 0.3) is 0 Å². The second kappa shape index (κ2) is 6.37. The summed E-state index contributed by atoms with van der Waals surface area (Å²) in [5.74, 6) is 0.707. The minimum Gasteiger partial charge on any atom is -0.354 e. The summed E-state index contributed by atoms with van der Waals surface area (Å²) in [6.07, 6.45) is 4.56. The lowest BCUT2D eigenvalue weighted by molar-refractivity contribution is 0.687. The number of hydrogen-bond acceptors (Lipinski definition) is 4. The van der Waals surface area contributed by atoms with E-state index in [1.807, 2.05) is 6.07 Å². The lowest BCUT2D eigenvalue weighted by Gasteiger charge is -2.03. The molecule has 0 aliphatic heterocycles. The van der Waals surface area contributed by atoms with Crippen LogP contribution in [0, 0.1) is 0 Å². The molecular weight excluding hydrogens is 164 g/mol. The van der Waals surface area contributed by atoms with Crippen molar-refractivity contribution in [1.29, 1.82) is 0 Å². The number of nitrogens with zero attached hydrogens (tertiary/aromatic N) is 2. The van der Waals surface area contributed by atoms with Crippen LogP contribution in [0.4, 0.5) is 5.95 Å². The van der Waals surface area contributed by atoms with Gasteiger partial charge in [0.2, 0.25) is 5.95 Å². The van der Waals surface area contributed by atoms with E-state index in [-0.39, 0.29) is 0 Å². The van der Waals surface area contributed by atoms with E-state index in [0.29, 0.717) is 5.95 Å². The van der Waals surface area contributed by atoms with E-state index < -0.39 is 0 Å². The molecule has 0 aliphatic rings. The van der Waals surface area contributed by atoms with Gasteiger partial charge in [-0.05, 0) is 25.6 Å². The van der Waals surface area contributed by atoms with Crippen LogP contribution in [0.15, 0.2) is 18.5 Å². The van der Waals surface area contributed by atoms with Crippen molar-refractivity contribution in [2.24, 2.45) is 0 Å². The lowest BCUT2D eigenvalue weighted by atomic mass is 10.4. The van der Waals surface area contributed by atoms with E-state index in [1.165, 1.54) is 0 Å². The Labute approximate surface area is 78.8 Å². The molecule has 0 amide bonds. The Morgan fingerprint density at radius 2 is 2.00 bits per heavy atom. The Bertz CT molecular complexity index is 212. The first-order valence-electron chi connectivity index (χ1n) is 4.65. The molecule has 0 unspecified atom stereocenters. The smallest absolute Gasteiger partial charge is 0.222 e. The summed E-state index contributed by atoms with van der Waals surface area (Å²) >= 11 is 0. The maximum absolute atomic E-state index is 4.05. The van der Waals surface area contributed by atoms with Crippen molar-refractivity contribution >= 4 is 5.95 Å². The number of aromatic nitrogens is 2. The molecule has 0 saturated heterocycles. The molecule has 0 bridgehead atoms. The molecule has 1 rings (SSSR count). The van der Waals surface area contributed by atoms with E-state index in [1.54, 1.807) is 12.4 Å². The number of anilines is 1. The van der Waals surface area contributed by atoms with Gasteiger partial charge >= 0.3 is 0 Å². The monoisotopic (exact) mass is 180 g/mol. The Morgan fingerprint density at radius 1 is 1.23 bits per heavy atom. The molecule has 2 N–H and O–H groups in total. The van der Waals surface area contributed by atoms with Gasteiger partial charge < -0.3 is 10.6 Å². The van der Waals surface area contributed by atoms with E-state index in [4.69, 9.17) is 0 Å². The largest absolute Gasteiger partial charge is 0.354 e. The average Bonchev–Trinajstić information content (AvgIpc) is 2.19. The number of hydrogen-bond donors (Lipinski definition) is 2. The molecule has 0 atom stereocenters. The van der Waals surface area contributed by atoms with Crippen molar-refractivity contribution in [3.05, 3.63) is 18.5 Å². The topological polar surface area (TPSA) is 49.8 Å². The molecule has 0 fully saturated rings. The average molecular weight is 180 g/mol. The minimum absolute atomic E-state index is 0.707. The molecule has 13 heavy (non-hydrogen) atoms. The van der Waals surface area contributed by atoms with E-state index in [2.05, 4.69) is 27.5 Å². The van der Waals surface area contributed by atoms with Crippen LogP contribution in [0.5, 0.6) is 0 Å². The van der Waals surface area contributed by atoms with Gasteiger partial charge in [0.15, 0.2) is 0 Å². The van der Waals surface area contributed by atoms with Crippen LogP contribution < -0.4 is 10.6 Å². The number of rotatable bonds is 6. The normalized spacial score (nSPS) is 9.92. The Morgan fingerprint density at radius 3 is 2.69 bits per heavy atom. The summed E-state index contributed by atoms with van der Waals surface area (Å²) in [7, 11) is 0. The van der Waals surface area contributed by atoms with Crippen molar-refractivity contribution < 1.29 is 0 Å². The highest BCUT2D eigenvalue weighted by Crippen LogP contribution is 1.92. The van der Waals surface area contributed by atoms with Crippen LogP contribution in [0.3, 0.4) is 0 Å². The summed E-state index contributed by atoms with van der Waals surface area (Å²) in [4.78, 5) is 8.11. The van der Waals surface area contributed by atoms with E-state index in [0.717, 1.165) is 26.1 Å². The highest BCUT2D eigenvalue weighted by atomic mass is 15.1. The maximum Gasteiger partial charge on any atom is 0.222 e. The van der Waals surface area contributed by atoms with Crippen molar-refractivity contribution in [3.8, 4) is 0 Å². The van der Waals surface area contributed by atoms with Gasteiger partial charge in [0.05, 0.1) is 0 Å². The molecule has 0 aromatic carbocycles. The van der Waals surface area contributed by atoms with Crippen molar-refractivity contribution in [3.63, 3.8) is 0 Å². The van der Waals surface area contributed by atoms with Gasteiger partial charge in [0.1, 0.15) is 0 Å². The second-order valence-corrected chi connectivity index (χ2v) is 2.71. The van der Waals surface area contributed by atoms with E-state index in [9.17, 15) is 0 Å². The molecule has 0 aliphatic carbocycles. The quantitative estimate of drug-likeness (QED) is 0.638. The SMILES string of the molecule is CCNCCCNc1ncccn1. The molecule has 4 heteroatoms. The first kappa shape index (κ1) is 9.92. The highest BCUT2D eigenvalue weighted by Gasteiger charge is 1.90. The van der Waals surface area contributed by atoms with Crippen molar-refractivity contribution in [2.45, 2.75) is 13.3 Å². The third kappa shape index (κ3) is 4.42. The van der Waals surface area contributed by atoms with E-state index >= 15 is 0 Å². The molecule has 72 valence electrons. The van der Waals surface area contributed by atoms with Gasteiger partial charge in [0.25, 0.3) is 0 Å². The Balaban J connectivity index is 2.07. The zero-order chi connectivity index (χ0) is 9.36. The Kier molecular flexibility index (Phi) is 4.86. The molecule has 0 spiro atoms. The zero-order valence-corrected chi connectivity index (χ0v) is 7.95. The third-order valence-electron chi connectivity index (χ3n) is 1.63. The van der Waals surface area contributed by atoms with Crippen LogP contribution in [-0.2, 0) is 0 Å². The maximum atomic E-state index is 4.05. The summed E-state index contributed by atoms with van der Waals surface area (Å²) < 4.78 is 0. The fourth-order valence-electron chi connectivity index (χ4n) is 0.981. The van der Waals surface area contributed by atoms with Crippen LogP contribution in [0.2, 0.25) is 0 Å². The van der Waals surface area contributed by atoms with Gasteiger partial charge in [-0.3, -0.25) is 0 Å². The summed E-state index contributed by atoms with van der Waals surface area (Å²) in [5.41, 5.74) is 0. The van der Waals surface area contributed by atoms with Crippen LogP contribution in [-0.4, -0.2) is 29.6 Å². The molecule has 1 heterocycles. The zero-order valence-electron chi connectivity index (χ0n) is 7.95. The van der Waals surface area contributed by atoms with Gasteiger partial charge in [0, 0.05) is 18.9 Å². The highest BCUT2D eigenvalue weighted by molar-refractivity contribution is 5.21. The lowest BCUT2D eigenvalue weighted by Crippen LogP contribution is -2.17. The molecule has 0 saturated carbocycles. The first-order chi connectivity index (χ1) is 6.43. The summed E-state index contributed by atoms with van der Waals surface area (Å²) in [5, 5.41) is 6.40. The predicted molar refractivity (Wildman–Crippen MR) is 53.7 cm³/mol. The standard InChI is InChI=1S/C9H16N4/c1-2-10-5-3-6-11-9-12-7-4-8-13-9/h4,7-8,10H,2-3,5-6H2,1H3,(H,11,12,13). The predicted octanol–water partition coefficient (Wildman–Crippen LogP) is 0.888. The van der Waals surface area contributed by atoms with Gasteiger partial charge in [-0.25, -0.2) is 9.97 Å². The van der Waals surface area contributed by atoms with Crippen LogP contribution >= 0.6 is 0 Å². The Hall–Kier alpha value is -1.16. The summed E-state index contributed by atoms with van der Waals surface area (Å²) in [6.45, 7) is 5.09. The molecule has 0 radical (unpaired) electrons. The fraction of sp³-hybridized carbons (Fsp3) is 0.556. The second-order valence-electron chi connectivity index (χ2n) is 2.71. The number of nitrogens with one attached hydrogen (secondary N) is 2. The minimum atomic E-state index is 0.707. The third-order valence-corrected chi connectivity index (χ3v) is 1.63. The van der Waals surface area contributed by atoms with Gasteiger partial charge in [-0.1, -0.05) is 6.92 Å². The van der Waals surface area contributed by atoms with Crippen molar-refractivity contribution in [2.75, 3.05) is 25.0 Å².